The lowest BCUT2D eigenvalue weighted by Gasteiger charge is -2.37. The van der Waals surface area contributed by atoms with Gasteiger partial charge in [-0.3, -0.25) is 4.79 Å². The van der Waals surface area contributed by atoms with Gasteiger partial charge in [-0.1, -0.05) is 12.1 Å². The van der Waals surface area contributed by atoms with Crippen molar-refractivity contribution in [3.63, 3.8) is 0 Å². The van der Waals surface area contributed by atoms with E-state index >= 15 is 0 Å². The molecule has 1 amide bonds. The normalized spacial score (nSPS) is 22.9. The number of carbonyl (C=O) groups is 1. The third-order valence-electron chi connectivity index (χ3n) is 3.75. The minimum atomic E-state index is -0.256. The molecule has 2 saturated heterocycles. The smallest absolute Gasteiger partial charge is 0.228 e. The van der Waals surface area contributed by atoms with Crippen LogP contribution in [0.25, 0.3) is 0 Å². The van der Waals surface area contributed by atoms with Crippen molar-refractivity contribution in [3.8, 4) is 0 Å². The van der Waals surface area contributed by atoms with E-state index in [-0.39, 0.29) is 36.2 Å². The van der Waals surface area contributed by atoms with Crippen LogP contribution in [0.15, 0.2) is 24.3 Å². The highest BCUT2D eigenvalue weighted by molar-refractivity contribution is 5.85. The van der Waals surface area contributed by atoms with E-state index < -0.39 is 0 Å². The van der Waals surface area contributed by atoms with Crippen LogP contribution in [-0.4, -0.2) is 43.6 Å². The zero-order chi connectivity index (χ0) is 13.2. The Hall–Kier alpha value is -1.17. The molecule has 1 unspecified atom stereocenters. The van der Waals surface area contributed by atoms with E-state index in [9.17, 15) is 9.18 Å². The van der Waals surface area contributed by atoms with Crippen LogP contribution in [0.2, 0.25) is 0 Å². The molecule has 0 radical (unpaired) electrons. The molecule has 2 aliphatic heterocycles. The zero-order valence-electron chi connectivity index (χ0n) is 11.0. The number of ether oxygens (including phenoxy) is 1. The lowest BCUT2D eigenvalue weighted by atomic mass is 10.0. The Kier molecular flexibility index (Phi) is 4.96. The van der Waals surface area contributed by atoms with Crippen molar-refractivity contribution in [1.29, 1.82) is 0 Å². The number of rotatable bonds is 2. The second kappa shape index (κ2) is 6.52. The van der Waals surface area contributed by atoms with Crippen molar-refractivity contribution in [2.24, 2.45) is 5.92 Å². The molecule has 6 heteroatoms. The number of morpholine rings is 1. The average Bonchev–Trinajstić information content (AvgIpc) is 2.38. The summed E-state index contributed by atoms with van der Waals surface area (Å²) in [5, 5.41) is 3.11. The first-order chi connectivity index (χ1) is 9.24. The van der Waals surface area contributed by atoms with Gasteiger partial charge in [0.15, 0.2) is 0 Å². The molecule has 20 heavy (non-hydrogen) atoms. The summed E-state index contributed by atoms with van der Waals surface area (Å²) in [5.41, 5.74) is 0.922. The summed E-state index contributed by atoms with van der Waals surface area (Å²) in [6.45, 7) is 3.29. The maximum atomic E-state index is 12.9. The van der Waals surface area contributed by atoms with Gasteiger partial charge in [-0.2, -0.15) is 0 Å². The van der Waals surface area contributed by atoms with Crippen molar-refractivity contribution in [2.75, 3.05) is 32.8 Å². The Labute approximate surface area is 123 Å². The first-order valence-electron chi connectivity index (χ1n) is 6.60. The monoisotopic (exact) mass is 300 g/mol. The van der Waals surface area contributed by atoms with E-state index in [0.717, 1.165) is 18.7 Å². The molecule has 4 nitrogen and oxygen atoms in total. The average molecular weight is 301 g/mol. The summed E-state index contributed by atoms with van der Waals surface area (Å²) in [4.78, 5) is 14.0. The summed E-state index contributed by atoms with van der Waals surface area (Å²) in [7, 11) is 0. The highest BCUT2D eigenvalue weighted by atomic mass is 35.5. The molecule has 2 aliphatic rings. The number of carbonyl (C=O) groups excluding carboxylic acids is 1. The third kappa shape index (κ3) is 3.11. The molecule has 2 fully saturated rings. The second-order valence-electron chi connectivity index (χ2n) is 5.05. The standard InChI is InChI=1S/C14H17FN2O2.ClH/c15-12-3-1-10(2-4-12)13-9-17(5-6-19-13)14(18)11-7-16-8-11;/h1-4,11,13,16H,5-9H2;1H. The van der Waals surface area contributed by atoms with Gasteiger partial charge in [0.2, 0.25) is 5.91 Å². The van der Waals surface area contributed by atoms with E-state index in [4.69, 9.17) is 4.74 Å². The fourth-order valence-corrected chi connectivity index (χ4v) is 2.45. The highest BCUT2D eigenvalue weighted by Gasteiger charge is 2.32. The molecule has 3 rings (SSSR count). The van der Waals surface area contributed by atoms with Crippen LogP contribution < -0.4 is 5.32 Å². The van der Waals surface area contributed by atoms with E-state index in [1.54, 1.807) is 12.1 Å². The Morgan fingerprint density at radius 1 is 1.30 bits per heavy atom. The molecule has 1 aromatic rings. The molecule has 1 aromatic carbocycles. The molecule has 2 heterocycles. The molecule has 110 valence electrons. The molecule has 0 saturated carbocycles. The molecule has 1 atom stereocenters. The Bertz CT molecular complexity index is 465. The Balaban J connectivity index is 0.00000147. The number of amides is 1. The van der Waals surface area contributed by atoms with Crippen LogP contribution in [0, 0.1) is 11.7 Å². The Morgan fingerprint density at radius 2 is 2.00 bits per heavy atom. The molecule has 0 bridgehead atoms. The van der Waals surface area contributed by atoms with E-state index in [0.29, 0.717) is 19.7 Å². The van der Waals surface area contributed by atoms with Crippen molar-refractivity contribution in [3.05, 3.63) is 35.6 Å². The van der Waals surface area contributed by atoms with Crippen molar-refractivity contribution in [1.82, 2.24) is 10.2 Å². The topological polar surface area (TPSA) is 41.6 Å². The van der Waals surface area contributed by atoms with Gasteiger partial charge in [-0.25, -0.2) is 4.39 Å². The quantitative estimate of drug-likeness (QED) is 0.897. The number of nitrogens with zero attached hydrogens (tertiary/aromatic N) is 1. The largest absolute Gasteiger partial charge is 0.370 e. The van der Waals surface area contributed by atoms with Crippen LogP contribution in [0.3, 0.4) is 0 Å². The number of halogens is 2. The fraction of sp³-hybridized carbons (Fsp3) is 0.500. The molecule has 0 aromatic heterocycles. The third-order valence-corrected chi connectivity index (χ3v) is 3.75. The van der Waals surface area contributed by atoms with Gasteiger partial charge in [0.25, 0.3) is 0 Å². The van der Waals surface area contributed by atoms with Crippen molar-refractivity contribution >= 4 is 18.3 Å². The fourth-order valence-electron chi connectivity index (χ4n) is 2.45. The SMILES string of the molecule is Cl.O=C(C1CNC1)N1CCOC(c2ccc(F)cc2)C1. The predicted octanol–water partition coefficient (Wildman–Crippen LogP) is 1.37. The molecular weight excluding hydrogens is 283 g/mol. The minimum Gasteiger partial charge on any atom is -0.370 e. The van der Waals surface area contributed by atoms with Gasteiger partial charge in [0.1, 0.15) is 11.9 Å². The van der Waals surface area contributed by atoms with Gasteiger partial charge >= 0.3 is 0 Å². The van der Waals surface area contributed by atoms with Crippen LogP contribution in [0.1, 0.15) is 11.7 Å². The summed E-state index contributed by atoms with van der Waals surface area (Å²) < 4.78 is 18.6. The van der Waals surface area contributed by atoms with Crippen molar-refractivity contribution < 1.29 is 13.9 Å². The number of hydrogen-bond donors (Lipinski definition) is 1. The maximum Gasteiger partial charge on any atom is 0.228 e. The van der Waals surface area contributed by atoms with Crippen LogP contribution >= 0.6 is 12.4 Å². The number of hydrogen-bond acceptors (Lipinski definition) is 3. The molecule has 1 N–H and O–H groups in total. The first-order valence-corrected chi connectivity index (χ1v) is 6.60. The van der Waals surface area contributed by atoms with Gasteiger partial charge < -0.3 is 15.0 Å². The molecule has 0 aliphatic carbocycles. The summed E-state index contributed by atoms with van der Waals surface area (Å²) in [6, 6.07) is 6.29. The van der Waals surface area contributed by atoms with Crippen LogP contribution in [0.5, 0.6) is 0 Å². The predicted molar refractivity (Wildman–Crippen MR) is 75.3 cm³/mol. The maximum absolute atomic E-state index is 12.9. The number of nitrogens with one attached hydrogen (secondary N) is 1. The molecular formula is C14H18ClFN2O2. The Morgan fingerprint density at radius 3 is 2.60 bits per heavy atom. The summed E-state index contributed by atoms with van der Waals surface area (Å²) in [6.07, 6.45) is -0.147. The number of benzene rings is 1. The van der Waals surface area contributed by atoms with E-state index in [2.05, 4.69) is 5.32 Å². The van der Waals surface area contributed by atoms with Crippen molar-refractivity contribution in [2.45, 2.75) is 6.10 Å². The van der Waals surface area contributed by atoms with Gasteiger partial charge in [0, 0.05) is 19.6 Å². The van der Waals surface area contributed by atoms with Gasteiger partial charge in [0.05, 0.1) is 19.1 Å². The zero-order valence-corrected chi connectivity index (χ0v) is 11.9. The second-order valence-corrected chi connectivity index (χ2v) is 5.05. The van der Waals surface area contributed by atoms with Gasteiger partial charge in [-0.05, 0) is 17.7 Å². The lowest BCUT2D eigenvalue weighted by molar-refractivity contribution is -0.144. The van der Waals surface area contributed by atoms with E-state index in [1.807, 2.05) is 4.90 Å². The first kappa shape index (κ1) is 15.2. The summed E-state index contributed by atoms with van der Waals surface area (Å²) >= 11 is 0. The van der Waals surface area contributed by atoms with Gasteiger partial charge in [-0.15, -0.1) is 12.4 Å². The minimum absolute atomic E-state index is 0. The van der Waals surface area contributed by atoms with Crippen LogP contribution in [-0.2, 0) is 9.53 Å². The van der Waals surface area contributed by atoms with E-state index in [1.165, 1.54) is 12.1 Å². The summed E-state index contributed by atoms with van der Waals surface area (Å²) in [5.74, 6) is 0.0640. The lowest BCUT2D eigenvalue weighted by Crippen LogP contribution is -2.54. The highest BCUT2D eigenvalue weighted by Crippen LogP contribution is 2.23. The molecule has 0 spiro atoms. The van der Waals surface area contributed by atoms with Crippen LogP contribution in [0.4, 0.5) is 4.39 Å².